The first-order chi connectivity index (χ1) is 19.5. The van der Waals surface area contributed by atoms with Crippen molar-refractivity contribution >= 4 is 25.7 Å². The maximum Gasteiger partial charge on any atom is 0.474 e. The Morgan fingerprint density at radius 3 is 0.878 bits per heavy atom. The largest absolute Gasteiger partial charge is 0.474 e. The van der Waals surface area contributed by atoms with Gasteiger partial charge < -0.3 is 14.2 Å². The van der Waals surface area contributed by atoms with Crippen molar-refractivity contribution in [1.29, 1.82) is 0 Å². The predicted octanol–water partition coefficient (Wildman–Crippen LogP) is 7.18. The Hall–Kier alpha value is -2.26. The van der Waals surface area contributed by atoms with Gasteiger partial charge in [-0.1, -0.05) is 39.0 Å². The summed E-state index contributed by atoms with van der Waals surface area (Å²) in [6.45, 7) is 17.2. The number of carbonyl (C=O) groups is 3. The Balaban J connectivity index is 4.31. The minimum atomic E-state index is -3.71. The first-order valence-corrected chi connectivity index (χ1v) is 16.0. The summed E-state index contributed by atoms with van der Waals surface area (Å²) in [6, 6.07) is 0. The topological polar surface area (TPSA) is 124 Å². The highest BCUT2D eigenvalue weighted by Crippen LogP contribution is 2.50. The average Bonchev–Trinajstić information content (AvgIpc) is 2.92. The van der Waals surface area contributed by atoms with Gasteiger partial charge in [-0.3, -0.25) is 13.6 Å². The normalized spacial score (nSPS) is 11.1. The third-order valence-corrected chi connectivity index (χ3v) is 7.11. The van der Waals surface area contributed by atoms with E-state index in [1.807, 2.05) is 0 Å². The van der Waals surface area contributed by atoms with Crippen molar-refractivity contribution in [2.45, 2.75) is 97.8 Å². The van der Waals surface area contributed by atoms with Crippen LogP contribution in [-0.4, -0.2) is 57.5 Å². The maximum absolute atomic E-state index is 13.2. The quantitative estimate of drug-likeness (QED) is 0.0314. The zero-order chi connectivity index (χ0) is 30.9. The zero-order valence-corrected chi connectivity index (χ0v) is 26.3. The zero-order valence-electron chi connectivity index (χ0n) is 25.4. The molecule has 0 atom stereocenters. The lowest BCUT2D eigenvalue weighted by Gasteiger charge is -2.18. The Kier molecular flexibility index (Phi) is 23.0. The van der Waals surface area contributed by atoms with Crippen LogP contribution in [0.2, 0.25) is 0 Å². The monoisotopic (exact) mass is 602 g/mol. The molecule has 0 aromatic heterocycles. The van der Waals surface area contributed by atoms with E-state index >= 15 is 0 Å². The van der Waals surface area contributed by atoms with Crippen molar-refractivity contribution in [3.05, 3.63) is 36.5 Å². The molecule has 0 fully saturated rings. The van der Waals surface area contributed by atoms with Crippen molar-refractivity contribution in [3.8, 4) is 0 Å². The van der Waals surface area contributed by atoms with E-state index in [0.717, 1.165) is 57.8 Å². The molecule has 0 spiro atoms. The second-order valence-corrected chi connectivity index (χ2v) is 11.6. The van der Waals surface area contributed by atoms with Crippen LogP contribution in [0, 0.1) is 0 Å². The minimum Gasteiger partial charge on any atom is -0.462 e. The van der Waals surface area contributed by atoms with E-state index in [2.05, 4.69) is 19.7 Å². The van der Waals surface area contributed by atoms with Gasteiger partial charge in [0.2, 0.25) is 0 Å². The molecule has 0 aliphatic rings. The Morgan fingerprint density at radius 2 is 0.659 bits per heavy atom. The lowest BCUT2D eigenvalue weighted by molar-refractivity contribution is -0.139. The fourth-order valence-electron chi connectivity index (χ4n) is 3.18. The van der Waals surface area contributed by atoms with Gasteiger partial charge in [0.25, 0.3) is 0 Å². The lowest BCUT2D eigenvalue weighted by atomic mass is 10.2. The van der Waals surface area contributed by atoms with Gasteiger partial charge in [-0.25, -0.2) is 18.9 Å². The standard InChI is InChI=1S/C30H51O10P/c1-25(2)28(31)35-19-13-7-10-16-22-38-41(34,39-23-17-11-8-14-20-36-29(32)26(3)4)40-24-18-12-9-15-21-37-30(33)27(5)6/h1,3,5,7-24H2,2,4,6H3. The molecule has 0 aromatic carbocycles. The third kappa shape index (κ3) is 23.0. The van der Waals surface area contributed by atoms with Crippen molar-refractivity contribution in [1.82, 2.24) is 0 Å². The number of hydrogen-bond acceptors (Lipinski definition) is 10. The highest BCUT2D eigenvalue weighted by atomic mass is 31.2. The molecular formula is C30H51O10P. The van der Waals surface area contributed by atoms with Gasteiger partial charge in [0, 0.05) is 16.7 Å². The smallest absolute Gasteiger partial charge is 0.462 e. The SMILES string of the molecule is C=C(C)C(=O)OCCCCCCOP(=O)(OCCCCCCOC(=O)C(=C)C)OCCCCCCOC(=O)C(=C)C. The molecule has 0 amide bonds. The van der Waals surface area contributed by atoms with Crippen LogP contribution < -0.4 is 0 Å². The average molecular weight is 603 g/mol. The van der Waals surface area contributed by atoms with Crippen LogP contribution in [0.25, 0.3) is 0 Å². The van der Waals surface area contributed by atoms with Gasteiger partial charge >= 0.3 is 25.7 Å². The van der Waals surface area contributed by atoms with Gasteiger partial charge in [0.15, 0.2) is 0 Å². The number of phosphoric acid groups is 1. The van der Waals surface area contributed by atoms with Crippen LogP contribution in [-0.2, 0) is 46.7 Å². The molecule has 0 bridgehead atoms. The number of esters is 3. The number of phosphoric ester groups is 1. The summed E-state index contributed by atoms with van der Waals surface area (Å²) in [5.41, 5.74) is 1.13. The predicted molar refractivity (Wildman–Crippen MR) is 158 cm³/mol. The summed E-state index contributed by atoms with van der Waals surface area (Å²) in [5.74, 6) is -1.16. The fourth-order valence-corrected chi connectivity index (χ4v) is 4.46. The van der Waals surface area contributed by atoms with E-state index in [9.17, 15) is 18.9 Å². The lowest BCUT2D eigenvalue weighted by Crippen LogP contribution is -2.07. The van der Waals surface area contributed by atoms with Gasteiger partial charge in [0.05, 0.1) is 39.6 Å². The minimum absolute atomic E-state index is 0.227. The van der Waals surface area contributed by atoms with Crippen LogP contribution in [0.5, 0.6) is 0 Å². The Bertz CT molecular complexity index is 758. The summed E-state index contributed by atoms with van der Waals surface area (Å²) in [7, 11) is -3.71. The van der Waals surface area contributed by atoms with E-state index in [1.165, 1.54) is 0 Å². The molecule has 0 heterocycles. The Labute approximate surface area is 246 Å². The van der Waals surface area contributed by atoms with Gasteiger partial charge in [0.1, 0.15) is 0 Å². The van der Waals surface area contributed by atoms with Crippen molar-refractivity contribution < 1.29 is 46.7 Å². The first kappa shape index (κ1) is 38.7. The summed E-state index contributed by atoms with van der Waals surface area (Å²) < 4.78 is 45.1. The highest BCUT2D eigenvalue weighted by Gasteiger charge is 2.26. The van der Waals surface area contributed by atoms with E-state index in [0.29, 0.717) is 55.8 Å². The van der Waals surface area contributed by atoms with Crippen molar-refractivity contribution in [2.75, 3.05) is 39.6 Å². The summed E-state index contributed by atoms with van der Waals surface area (Å²) in [6.07, 6.45) is 9.12. The highest BCUT2D eigenvalue weighted by molar-refractivity contribution is 7.48. The molecule has 0 aliphatic carbocycles. The van der Waals surface area contributed by atoms with E-state index in [1.54, 1.807) is 20.8 Å². The van der Waals surface area contributed by atoms with Crippen LogP contribution in [0.3, 0.4) is 0 Å². The molecular weight excluding hydrogens is 551 g/mol. The second kappa shape index (κ2) is 24.3. The van der Waals surface area contributed by atoms with Crippen molar-refractivity contribution in [3.63, 3.8) is 0 Å². The van der Waals surface area contributed by atoms with Gasteiger partial charge in [-0.2, -0.15) is 0 Å². The van der Waals surface area contributed by atoms with Crippen LogP contribution >= 0.6 is 7.82 Å². The summed E-state index contributed by atoms with van der Waals surface area (Å²) >= 11 is 0. The van der Waals surface area contributed by atoms with Gasteiger partial charge in [-0.15, -0.1) is 0 Å². The van der Waals surface area contributed by atoms with E-state index in [-0.39, 0.29) is 37.7 Å². The van der Waals surface area contributed by atoms with Crippen LogP contribution in [0.1, 0.15) is 97.8 Å². The molecule has 0 saturated heterocycles. The molecule has 0 N–H and O–H groups in total. The second-order valence-electron chi connectivity index (χ2n) is 9.94. The molecule has 41 heavy (non-hydrogen) atoms. The third-order valence-electron chi connectivity index (χ3n) is 5.61. The fraction of sp³-hybridized carbons (Fsp3) is 0.700. The molecule has 11 heteroatoms. The number of ether oxygens (including phenoxy) is 3. The molecule has 0 aliphatic heterocycles. The molecule has 0 rings (SSSR count). The first-order valence-electron chi connectivity index (χ1n) is 14.5. The van der Waals surface area contributed by atoms with Crippen LogP contribution in [0.15, 0.2) is 36.5 Å². The number of rotatable bonds is 27. The maximum atomic E-state index is 13.2. The molecule has 0 saturated carbocycles. The summed E-state index contributed by atoms with van der Waals surface area (Å²) in [5, 5.41) is 0. The number of carbonyl (C=O) groups excluding carboxylic acids is 3. The van der Waals surface area contributed by atoms with Crippen LogP contribution in [0.4, 0.5) is 0 Å². The van der Waals surface area contributed by atoms with E-state index in [4.69, 9.17) is 27.8 Å². The Morgan fingerprint density at radius 1 is 0.439 bits per heavy atom. The number of hydrogen-bond donors (Lipinski definition) is 0. The molecule has 0 radical (unpaired) electrons. The number of unbranched alkanes of at least 4 members (excludes halogenated alkanes) is 9. The van der Waals surface area contributed by atoms with Gasteiger partial charge in [-0.05, 0) is 78.6 Å². The molecule has 10 nitrogen and oxygen atoms in total. The molecule has 0 aromatic rings. The summed E-state index contributed by atoms with van der Waals surface area (Å²) in [4.78, 5) is 34.2. The molecule has 236 valence electrons. The molecule has 0 unspecified atom stereocenters. The van der Waals surface area contributed by atoms with E-state index < -0.39 is 7.82 Å². The van der Waals surface area contributed by atoms with Crippen molar-refractivity contribution in [2.24, 2.45) is 0 Å².